The van der Waals surface area contributed by atoms with Crippen LogP contribution in [0.1, 0.15) is 27.8 Å². The fourth-order valence-corrected chi connectivity index (χ4v) is 2.39. The van der Waals surface area contributed by atoms with Crippen LogP contribution in [0.4, 0.5) is 5.69 Å². The number of hydrogen-bond acceptors (Lipinski definition) is 7. The maximum atomic E-state index is 12.2. The third-order valence-corrected chi connectivity index (χ3v) is 3.57. The summed E-state index contributed by atoms with van der Waals surface area (Å²) in [7, 11) is 0. The lowest BCUT2D eigenvalue weighted by Crippen LogP contribution is -2.22. The van der Waals surface area contributed by atoms with Crippen LogP contribution in [-0.2, 0) is 14.3 Å². The summed E-state index contributed by atoms with van der Waals surface area (Å²) < 4.78 is 15.4. The monoisotopic (exact) mass is 368 g/mol. The van der Waals surface area contributed by atoms with Gasteiger partial charge < -0.3 is 19.2 Å². The Morgan fingerprint density at radius 3 is 2.52 bits per heavy atom. The Hall–Kier alpha value is -3.68. The van der Waals surface area contributed by atoms with Crippen molar-refractivity contribution in [3.8, 4) is 0 Å². The molecule has 0 spiro atoms. The number of rotatable bonds is 6. The third-order valence-electron chi connectivity index (χ3n) is 3.57. The number of fused-ring (bicyclic) bond motifs is 1. The fraction of sp³-hybridized carbons (Fsp3) is 0.158. The molecule has 1 aromatic carbocycles. The van der Waals surface area contributed by atoms with Gasteiger partial charge in [0.05, 0.1) is 12.2 Å². The predicted octanol–water partition coefficient (Wildman–Crippen LogP) is 2.80. The molecular weight excluding hydrogens is 352 g/mol. The molecule has 8 nitrogen and oxygen atoms in total. The molecule has 8 heteroatoms. The zero-order valence-corrected chi connectivity index (χ0v) is 14.4. The quantitative estimate of drug-likeness (QED) is 0.667. The zero-order valence-electron chi connectivity index (χ0n) is 14.4. The van der Waals surface area contributed by atoms with Gasteiger partial charge in [0.2, 0.25) is 5.76 Å². The highest BCUT2D eigenvalue weighted by Gasteiger charge is 2.23. The van der Waals surface area contributed by atoms with Gasteiger partial charge >= 0.3 is 11.9 Å². The Morgan fingerprint density at radius 2 is 1.78 bits per heavy atom. The first-order valence-corrected chi connectivity index (χ1v) is 8.15. The molecular formula is C19H16N2O6. The Kier molecular flexibility index (Phi) is 5.46. The molecule has 2 aromatic heterocycles. The lowest BCUT2D eigenvalue weighted by Gasteiger charge is -2.07. The molecule has 0 fully saturated rings. The highest BCUT2D eigenvalue weighted by Crippen LogP contribution is 2.31. The molecule has 0 radical (unpaired) electrons. The summed E-state index contributed by atoms with van der Waals surface area (Å²) >= 11 is 0. The average molecular weight is 368 g/mol. The van der Waals surface area contributed by atoms with Crippen molar-refractivity contribution < 1.29 is 28.3 Å². The van der Waals surface area contributed by atoms with Gasteiger partial charge in [-0.25, -0.2) is 9.59 Å². The first kappa shape index (κ1) is 18.1. The van der Waals surface area contributed by atoms with Crippen molar-refractivity contribution in [1.82, 2.24) is 4.98 Å². The Labute approximate surface area is 154 Å². The minimum atomic E-state index is -0.696. The molecule has 1 amide bonds. The van der Waals surface area contributed by atoms with Gasteiger partial charge in [-0.15, -0.1) is 0 Å². The van der Waals surface area contributed by atoms with Crippen molar-refractivity contribution in [2.45, 2.75) is 6.92 Å². The number of nitrogens with one attached hydrogen (secondary N) is 1. The van der Waals surface area contributed by atoms with Crippen molar-refractivity contribution in [1.29, 1.82) is 0 Å². The molecule has 27 heavy (non-hydrogen) atoms. The molecule has 0 aliphatic carbocycles. The van der Waals surface area contributed by atoms with Crippen LogP contribution in [0, 0.1) is 0 Å². The number of para-hydroxylation sites is 1. The van der Waals surface area contributed by atoms with E-state index in [1.165, 1.54) is 24.5 Å². The van der Waals surface area contributed by atoms with E-state index in [9.17, 15) is 14.4 Å². The number of benzene rings is 1. The number of pyridine rings is 1. The van der Waals surface area contributed by atoms with Gasteiger partial charge in [0.15, 0.2) is 6.61 Å². The Bertz CT molecular complexity index is 980. The standard InChI is InChI=1S/C19H16N2O6/c1-2-25-19(24)17-16(13-5-3-4-6-14(13)27-17)21-15(22)11-26-18(23)12-7-9-20-10-8-12/h3-10H,2,11H2,1H3,(H,21,22). The molecule has 0 bridgehead atoms. The number of anilines is 1. The second-order valence-electron chi connectivity index (χ2n) is 5.38. The maximum absolute atomic E-state index is 12.2. The topological polar surface area (TPSA) is 108 Å². The molecule has 2 heterocycles. The fourth-order valence-electron chi connectivity index (χ4n) is 2.39. The third kappa shape index (κ3) is 4.12. The van der Waals surface area contributed by atoms with Crippen molar-refractivity contribution >= 4 is 34.5 Å². The molecule has 0 aliphatic rings. The summed E-state index contributed by atoms with van der Waals surface area (Å²) in [6.07, 6.45) is 2.89. The van der Waals surface area contributed by atoms with Gasteiger partial charge in [-0.05, 0) is 31.2 Å². The normalized spacial score (nSPS) is 10.4. The summed E-state index contributed by atoms with van der Waals surface area (Å²) in [4.78, 5) is 40.0. The van der Waals surface area contributed by atoms with E-state index in [1.54, 1.807) is 31.2 Å². The lowest BCUT2D eigenvalue weighted by molar-refractivity contribution is -0.119. The first-order valence-electron chi connectivity index (χ1n) is 8.15. The second-order valence-corrected chi connectivity index (χ2v) is 5.38. The summed E-state index contributed by atoms with van der Waals surface area (Å²) in [6.45, 7) is 1.30. The van der Waals surface area contributed by atoms with E-state index in [0.29, 0.717) is 11.0 Å². The van der Waals surface area contributed by atoms with Crippen LogP contribution in [0.5, 0.6) is 0 Å². The summed E-state index contributed by atoms with van der Waals surface area (Å²) in [5.41, 5.74) is 0.873. The number of carbonyl (C=O) groups excluding carboxylic acids is 3. The number of esters is 2. The SMILES string of the molecule is CCOC(=O)c1oc2ccccc2c1NC(=O)COC(=O)c1ccncc1. The van der Waals surface area contributed by atoms with Gasteiger partial charge in [0, 0.05) is 17.8 Å². The molecule has 0 atom stereocenters. The summed E-state index contributed by atoms with van der Waals surface area (Å²) in [6, 6.07) is 9.79. The number of amides is 1. The lowest BCUT2D eigenvalue weighted by atomic mass is 10.2. The van der Waals surface area contributed by atoms with Gasteiger partial charge in [0.1, 0.15) is 11.3 Å². The van der Waals surface area contributed by atoms with Gasteiger partial charge in [-0.3, -0.25) is 9.78 Å². The van der Waals surface area contributed by atoms with Crippen molar-refractivity contribution in [3.63, 3.8) is 0 Å². The molecule has 3 rings (SSSR count). The van der Waals surface area contributed by atoms with Gasteiger partial charge in [-0.1, -0.05) is 12.1 Å². The smallest absolute Gasteiger partial charge is 0.376 e. The average Bonchev–Trinajstić information content (AvgIpc) is 3.05. The largest absolute Gasteiger partial charge is 0.460 e. The van der Waals surface area contributed by atoms with Crippen LogP contribution in [0.25, 0.3) is 11.0 Å². The van der Waals surface area contributed by atoms with E-state index in [1.807, 2.05) is 0 Å². The number of furan rings is 1. The minimum absolute atomic E-state index is 0.119. The van der Waals surface area contributed by atoms with Gasteiger partial charge in [0.25, 0.3) is 5.91 Å². The maximum Gasteiger partial charge on any atom is 0.376 e. The predicted molar refractivity (Wildman–Crippen MR) is 95.3 cm³/mol. The van der Waals surface area contributed by atoms with Crippen LogP contribution in [-0.4, -0.2) is 36.0 Å². The van der Waals surface area contributed by atoms with Crippen molar-refractivity contribution in [3.05, 3.63) is 60.1 Å². The Morgan fingerprint density at radius 1 is 1.04 bits per heavy atom. The van der Waals surface area contributed by atoms with Crippen LogP contribution in [0.2, 0.25) is 0 Å². The zero-order chi connectivity index (χ0) is 19.2. The minimum Gasteiger partial charge on any atom is -0.460 e. The van der Waals surface area contributed by atoms with Crippen molar-refractivity contribution in [2.75, 3.05) is 18.5 Å². The summed E-state index contributed by atoms with van der Waals surface area (Å²) in [5.74, 6) is -2.09. The highest BCUT2D eigenvalue weighted by molar-refractivity contribution is 6.09. The van der Waals surface area contributed by atoms with E-state index >= 15 is 0 Å². The molecule has 1 N–H and O–H groups in total. The molecule has 0 saturated carbocycles. The van der Waals surface area contributed by atoms with E-state index in [2.05, 4.69) is 10.3 Å². The number of ether oxygens (including phenoxy) is 2. The van der Waals surface area contributed by atoms with Crippen molar-refractivity contribution in [2.24, 2.45) is 0 Å². The number of nitrogens with zero attached hydrogens (tertiary/aromatic N) is 1. The van der Waals surface area contributed by atoms with Crippen LogP contribution in [0.3, 0.4) is 0 Å². The number of hydrogen-bond donors (Lipinski definition) is 1. The van der Waals surface area contributed by atoms with E-state index in [4.69, 9.17) is 13.9 Å². The molecule has 0 aliphatic heterocycles. The second kappa shape index (κ2) is 8.13. The van der Waals surface area contributed by atoms with Gasteiger partial charge in [-0.2, -0.15) is 0 Å². The van der Waals surface area contributed by atoms with E-state index in [0.717, 1.165) is 0 Å². The van der Waals surface area contributed by atoms with E-state index < -0.39 is 24.5 Å². The van der Waals surface area contributed by atoms with E-state index in [-0.39, 0.29) is 23.6 Å². The highest BCUT2D eigenvalue weighted by atomic mass is 16.5. The molecule has 138 valence electrons. The molecule has 3 aromatic rings. The van der Waals surface area contributed by atoms with Crippen LogP contribution < -0.4 is 5.32 Å². The Balaban J connectivity index is 1.75. The molecule has 0 unspecified atom stereocenters. The van der Waals surface area contributed by atoms with Crippen LogP contribution in [0.15, 0.2) is 53.2 Å². The number of carbonyl (C=O) groups is 3. The summed E-state index contributed by atoms with van der Waals surface area (Å²) in [5, 5.41) is 3.09. The number of aromatic nitrogens is 1. The first-order chi connectivity index (χ1) is 13.1. The molecule has 0 saturated heterocycles. The van der Waals surface area contributed by atoms with Crippen LogP contribution >= 0.6 is 0 Å².